The first-order chi connectivity index (χ1) is 15.6. The zero-order valence-electron chi connectivity index (χ0n) is 17.8. The van der Waals surface area contributed by atoms with E-state index in [-0.39, 0.29) is 5.91 Å². The lowest BCUT2D eigenvalue weighted by molar-refractivity contribution is 0.0944. The standard InChI is InChI=1S/C23H24ClN7O/c1-2-17(11-25)28-22(32)16-9-7-15(8-10-16)21-20(24)13-26-23(30-21)29-18-12-27-31(14-18)19-5-3-4-6-19/h7-10,12-14,17,19H,2-6H2,1H3,(H,28,32)(H,26,29,30)/t17-/m0/s1. The average Bonchev–Trinajstić information content (AvgIpc) is 3.51. The zero-order chi connectivity index (χ0) is 22.5. The van der Waals surface area contributed by atoms with Crippen molar-refractivity contribution in [1.82, 2.24) is 25.1 Å². The lowest BCUT2D eigenvalue weighted by Gasteiger charge is -2.10. The Morgan fingerprint density at radius 2 is 2.03 bits per heavy atom. The molecule has 2 heterocycles. The van der Waals surface area contributed by atoms with Gasteiger partial charge in [-0.1, -0.05) is 43.5 Å². The molecule has 1 saturated carbocycles. The van der Waals surface area contributed by atoms with Crippen LogP contribution >= 0.6 is 11.6 Å². The summed E-state index contributed by atoms with van der Waals surface area (Å²) in [6.45, 7) is 1.85. The number of benzene rings is 1. The lowest BCUT2D eigenvalue weighted by Crippen LogP contribution is -2.33. The second-order valence-corrected chi connectivity index (χ2v) is 8.21. The van der Waals surface area contributed by atoms with Crippen LogP contribution in [0.4, 0.5) is 11.6 Å². The maximum atomic E-state index is 12.3. The zero-order valence-corrected chi connectivity index (χ0v) is 18.5. The van der Waals surface area contributed by atoms with Crippen molar-refractivity contribution < 1.29 is 4.79 Å². The number of nitriles is 1. The van der Waals surface area contributed by atoms with Gasteiger partial charge in [0.25, 0.3) is 5.91 Å². The van der Waals surface area contributed by atoms with Gasteiger partial charge in [0.1, 0.15) is 6.04 Å². The van der Waals surface area contributed by atoms with Crippen molar-refractivity contribution in [2.45, 2.75) is 51.1 Å². The minimum Gasteiger partial charge on any atom is -0.336 e. The lowest BCUT2D eigenvalue weighted by atomic mass is 10.1. The molecule has 1 amide bonds. The molecule has 164 valence electrons. The quantitative estimate of drug-likeness (QED) is 0.531. The third kappa shape index (κ3) is 4.89. The molecule has 0 saturated heterocycles. The molecule has 4 rings (SSSR count). The van der Waals surface area contributed by atoms with Gasteiger partial charge in [0.05, 0.1) is 40.9 Å². The first kappa shape index (κ1) is 21.8. The van der Waals surface area contributed by atoms with Gasteiger partial charge in [0, 0.05) is 17.3 Å². The Morgan fingerprint density at radius 1 is 1.28 bits per heavy atom. The van der Waals surface area contributed by atoms with E-state index in [0.717, 1.165) is 24.1 Å². The number of aromatic nitrogens is 4. The number of carbonyl (C=O) groups excluding carboxylic acids is 1. The molecule has 8 nitrogen and oxygen atoms in total. The van der Waals surface area contributed by atoms with Gasteiger partial charge in [-0.05, 0) is 31.4 Å². The maximum absolute atomic E-state index is 12.3. The molecular formula is C23H24ClN7O. The SMILES string of the molecule is CC[C@@H](C#N)NC(=O)c1ccc(-c2nc(Nc3cnn(C4CCCC4)c3)ncc2Cl)cc1. The van der Waals surface area contributed by atoms with E-state index < -0.39 is 6.04 Å². The van der Waals surface area contributed by atoms with E-state index in [0.29, 0.717) is 34.7 Å². The second-order valence-electron chi connectivity index (χ2n) is 7.80. The molecule has 1 atom stereocenters. The molecule has 0 radical (unpaired) electrons. The second kappa shape index (κ2) is 9.79. The van der Waals surface area contributed by atoms with Gasteiger partial charge < -0.3 is 10.6 Å². The fourth-order valence-electron chi connectivity index (χ4n) is 3.78. The molecule has 1 aliphatic rings. The number of amides is 1. The summed E-state index contributed by atoms with van der Waals surface area (Å²) in [5, 5.41) is 19.8. The van der Waals surface area contributed by atoms with Crippen LogP contribution in [0, 0.1) is 11.3 Å². The van der Waals surface area contributed by atoms with Gasteiger partial charge in [-0.15, -0.1) is 0 Å². The van der Waals surface area contributed by atoms with Crippen LogP contribution in [0.5, 0.6) is 0 Å². The predicted octanol–water partition coefficient (Wildman–Crippen LogP) is 4.88. The Balaban J connectivity index is 1.49. The molecule has 3 aromatic rings. The Morgan fingerprint density at radius 3 is 2.72 bits per heavy atom. The van der Waals surface area contributed by atoms with Crippen molar-refractivity contribution in [3.63, 3.8) is 0 Å². The first-order valence-electron chi connectivity index (χ1n) is 10.7. The molecule has 0 spiro atoms. The number of halogens is 1. The van der Waals surface area contributed by atoms with Crippen molar-refractivity contribution in [3.05, 3.63) is 53.4 Å². The topological polar surface area (TPSA) is 109 Å². The Bertz CT molecular complexity index is 1130. The van der Waals surface area contributed by atoms with E-state index in [1.807, 2.05) is 17.8 Å². The highest BCUT2D eigenvalue weighted by atomic mass is 35.5. The molecule has 32 heavy (non-hydrogen) atoms. The normalized spacial score (nSPS) is 14.7. The number of anilines is 2. The molecule has 9 heteroatoms. The van der Waals surface area contributed by atoms with Crippen molar-refractivity contribution in [3.8, 4) is 17.3 Å². The smallest absolute Gasteiger partial charge is 0.252 e. The van der Waals surface area contributed by atoms with Gasteiger partial charge >= 0.3 is 0 Å². The number of nitrogens with one attached hydrogen (secondary N) is 2. The minimum atomic E-state index is -0.509. The highest BCUT2D eigenvalue weighted by Gasteiger charge is 2.18. The van der Waals surface area contributed by atoms with Crippen molar-refractivity contribution in [2.24, 2.45) is 0 Å². The summed E-state index contributed by atoms with van der Waals surface area (Å²) in [7, 11) is 0. The van der Waals surface area contributed by atoms with Crippen molar-refractivity contribution in [2.75, 3.05) is 5.32 Å². The van der Waals surface area contributed by atoms with E-state index in [2.05, 4.69) is 31.8 Å². The predicted molar refractivity (Wildman–Crippen MR) is 123 cm³/mol. The summed E-state index contributed by atoms with van der Waals surface area (Å²) in [5.41, 5.74) is 2.60. The summed E-state index contributed by atoms with van der Waals surface area (Å²) in [6.07, 6.45) is 10.7. The van der Waals surface area contributed by atoms with Gasteiger partial charge in [-0.2, -0.15) is 10.4 Å². The van der Waals surface area contributed by atoms with E-state index in [1.54, 1.807) is 36.7 Å². The Hall–Kier alpha value is -3.44. The maximum Gasteiger partial charge on any atom is 0.252 e. The highest BCUT2D eigenvalue weighted by Crippen LogP contribution is 2.30. The number of nitrogens with zero attached hydrogens (tertiary/aromatic N) is 5. The number of hydrogen-bond donors (Lipinski definition) is 2. The number of rotatable bonds is 7. The molecule has 0 aliphatic heterocycles. The molecule has 2 N–H and O–H groups in total. The van der Waals surface area contributed by atoms with Crippen LogP contribution in [0.3, 0.4) is 0 Å². The van der Waals surface area contributed by atoms with Crippen LogP contribution in [0.1, 0.15) is 55.4 Å². The molecule has 1 fully saturated rings. The molecule has 0 unspecified atom stereocenters. The summed E-state index contributed by atoms with van der Waals surface area (Å²) >= 11 is 6.35. The van der Waals surface area contributed by atoms with E-state index in [1.165, 1.54) is 12.8 Å². The van der Waals surface area contributed by atoms with Gasteiger partial charge in [0.15, 0.2) is 0 Å². The van der Waals surface area contributed by atoms with Crippen LogP contribution in [-0.2, 0) is 0 Å². The molecular weight excluding hydrogens is 426 g/mol. The third-order valence-corrected chi connectivity index (χ3v) is 5.87. The number of hydrogen-bond acceptors (Lipinski definition) is 6. The van der Waals surface area contributed by atoms with Crippen LogP contribution in [-0.4, -0.2) is 31.7 Å². The largest absolute Gasteiger partial charge is 0.336 e. The minimum absolute atomic E-state index is 0.291. The summed E-state index contributed by atoms with van der Waals surface area (Å²) in [6, 6.07) is 8.94. The molecule has 1 aromatic carbocycles. The number of carbonyl (C=O) groups is 1. The summed E-state index contributed by atoms with van der Waals surface area (Å²) < 4.78 is 2.01. The molecule has 0 bridgehead atoms. The van der Waals surface area contributed by atoms with Gasteiger partial charge in [-0.3, -0.25) is 9.48 Å². The monoisotopic (exact) mass is 449 g/mol. The fourth-order valence-corrected chi connectivity index (χ4v) is 3.98. The molecule has 2 aromatic heterocycles. The average molecular weight is 450 g/mol. The first-order valence-corrected chi connectivity index (χ1v) is 11.1. The summed E-state index contributed by atoms with van der Waals surface area (Å²) in [5.74, 6) is 0.123. The highest BCUT2D eigenvalue weighted by molar-refractivity contribution is 6.32. The van der Waals surface area contributed by atoms with Crippen LogP contribution in [0.25, 0.3) is 11.3 Å². The van der Waals surface area contributed by atoms with Crippen LogP contribution in [0.2, 0.25) is 5.02 Å². The van der Waals surface area contributed by atoms with Crippen molar-refractivity contribution in [1.29, 1.82) is 5.26 Å². The van der Waals surface area contributed by atoms with Crippen molar-refractivity contribution >= 4 is 29.1 Å². The Kier molecular flexibility index (Phi) is 6.66. The molecule has 1 aliphatic carbocycles. The Labute approximate surface area is 191 Å². The van der Waals surface area contributed by atoms with Gasteiger partial charge in [-0.25, -0.2) is 9.97 Å². The van der Waals surface area contributed by atoms with Crippen LogP contribution < -0.4 is 10.6 Å². The van der Waals surface area contributed by atoms with Gasteiger partial charge in [0.2, 0.25) is 5.95 Å². The third-order valence-electron chi connectivity index (χ3n) is 5.59. The van der Waals surface area contributed by atoms with E-state index >= 15 is 0 Å². The van der Waals surface area contributed by atoms with E-state index in [9.17, 15) is 4.79 Å². The fraction of sp³-hybridized carbons (Fsp3) is 0.348. The van der Waals surface area contributed by atoms with E-state index in [4.69, 9.17) is 16.9 Å². The van der Waals surface area contributed by atoms with Crippen LogP contribution in [0.15, 0.2) is 42.9 Å². The summed E-state index contributed by atoms with van der Waals surface area (Å²) in [4.78, 5) is 21.1.